The lowest BCUT2D eigenvalue weighted by Gasteiger charge is -2.25. The summed E-state index contributed by atoms with van der Waals surface area (Å²) in [6.07, 6.45) is 29.6. The van der Waals surface area contributed by atoms with Crippen molar-refractivity contribution in [3.05, 3.63) is 426 Å². The predicted molar refractivity (Wildman–Crippen MR) is 546 cm³/mol. The van der Waals surface area contributed by atoms with E-state index in [9.17, 15) is 0 Å². The van der Waals surface area contributed by atoms with Crippen LogP contribution in [0, 0.1) is 54.4 Å². The Hall–Kier alpha value is -12.5. The molecule has 135 heavy (non-hydrogen) atoms. The summed E-state index contributed by atoms with van der Waals surface area (Å²) in [4.78, 5) is 27.4. The normalized spacial score (nSPS) is 13.8. The molecular formula is C111H100Al6N6O12. The van der Waals surface area contributed by atoms with Crippen molar-refractivity contribution in [3.63, 3.8) is 0 Å². The minimum absolute atomic E-state index is 0.0809. The van der Waals surface area contributed by atoms with Crippen molar-refractivity contribution in [1.82, 2.24) is 29.9 Å². The molecule has 664 valence electrons. The van der Waals surface area contributed by atoms with Crippen molar-refractivity contribution in [2.45, 2.75) is 107 Å². The van der Waals surface area contributed by atoms with Gasteiger partial charge in [0.1, 0.15) is 67.6 Å². The number of aryl methyl sites for hydroxylation is 7. The number of benzene rings is 10. The second-order valence-electron chi connectivity index (χ2n) is 32.4. The number of allylic oxidation sites excluding steroid dienone is 13. The number of aromatic nitrogens is 6. The highest BCUT2D eigenvalue weighted by molar-refractivity contribution is 6.23. The zero-order valence-corrected chi connectivity index (χ0v) is 83.9. The molecule has 0 bridgehead atoms. The van der Waals surface area contributed by atoms with Gasteiger partial charge in [0.05, 0.1) is 34.9 Å². The van der Waals surface area contributed by atoms with E-state index in [4.69, 9.17) is 45.5 Å². The molecule has 16 aromatic rings. The quantitative estimate of drug-likeness (QED) is 0.0465. The second kappa shape index (κ2) is 50.2. The van der Waals surface area contributed by atoms with Crippen LogP contribution in [-0.4, -0.2) is 131 Å². The van der Waals surface area contributed by atoms with Crippen LogP contribution in [0.3, 0.4) is 0 Å². The highest BCUT2D eigenvalue weighted by Crippen LogP contribution is 2.35. The maximum atomic E-state index is 6.18. The SMILES string of the molecule is CC1=CC=C([O][Al][O]c2cccc3ccc(C)nc23)CC1.Cc1ccc2cccc([O][Al][O]C3=CC=CC(C)C3)c2n1.Cc1ccc2cccc([O][Al][O]C3CC=CC=C3C3=CC=CCC3)c2n1.Cc1ccc2cccc([O][Al][O]c3cccc(-c4ccccc4)c3)c2n1.Cc1ccc2cccc([O][Al][O]c3ccccc3)c2n1.Cc1ccc2cccc([O][Al][O]c3ccccc3C)c2n1. The van der Waals surface area contributed by atoms with Crippen molar-refractivity contribution in [3.8, 4) is 62.9 Å². The van der Waals surface area contributed by atoms with Gasteiger partial charge in [-0.2, -0.15) is 0 Å². The minimum atomic E-state index is -0.680. The lowest BCUT2D eigenvalue weighted by Crippen LogP contribution is -2.23. The third kappa shape index (κ3) is 28.8. The molecule has 4 aliphatic rings. The summed E-state index contributed by atoms with van der Waals surface area (Å²) in [6, 6.07) is 96.2. The average molecular weight is 1870 g/mol. The van der Waals surface area contributed by atoms with Crippen LogP contribution < -0.4 is 34.1 Å². The molecule has 18 nitrogen and oxygen atoms in total. The first-order valence-corrected chi connectivity index (χ1v) is 50.6. The highest BCUT2D eigenvalue weighted by Gasteiger charge is 2.24. The maximum absolute atomic E-state index is 6.18. The van der Waals surface area contributed by atoms with Crippen LogP contribution in [0.4, 0.5) is 0 Å². The summed E-state index contributed by atoms with van der Waals surface area (Å²) in [7, 11) is 0. The Bertz CT molecular complexity index is 6930. The maximum Gasteiger partial charge on any atom is 0.881 e. The van der Waals surface area contributed by atoms with E-state index in [-0.39, 0.29) is 6.10 Å². The number of nitrogens with zero attached hydrogens (tertiary/aromatic N) is 6. The third-order valence-electron chi connectivity index (χ3n) is 22.0. The molecule has 0 saturated carbocycles. The van der Waals surface area contributed by atoms with E-state index in [1.807, 2.05) is 297 Å². The van der Waals surface area contributed by atoms with E-state index in [1.165, 1.54) is 22.3 Å². The van der Waals surface area contributed by atoms with E-state index in [0.29, 0.717) is 5.92 Å². The lowest BCUT2D eigenvalue weighted by molar-refractivity contribution is 0.222. The molecule has 2 atom stereocenters. The molecule has 4 aliphatic carbocycles. The molecule has 0 aliphatic heterocycles. The van der Waals surface area contributed by atoms with Gasteiger partial charge >= 0.3 is 95.3 Å². The van der Waals surface area contributed by atoms with Gasteiger partial charge in [-0.15, -0.1) is 0 Å². The van der Waals surface area contributed by atoms with Gasteiger partial charge in [0, 0.05) is 79.3 Å². The number of hydrogen-bond acceptors (Lipinski definition) is 18. The topological polar surface area (TPSA) is 188 Å². The van der Waals surface area contributed by atoms with Crippen LogP contribution in [0.15, 0.2) is 386 Å². The van der Waals surface area contributed by atoms with Gasteiger partial charge in [-0.3, -0.25) is 0 Å². The van der Waals surface area contributed by atoms with Crippen LogP contribution in [0.2, 0.25) is 0 Å². The Morgan fingerprint density at radius 2 is 0.659 bits per heavy atom. The van der Waals surface area contributed by atoms with E-state index in [2.05, 4.69) is 153 Å². The number of fused-ring (bicyclic) bond motifs is 6. The van der Waals surface area contributed by atoms with Gasteiger partial charge in [-0.05, 0) is 230 Å². The third-order valence-corrected chi connectivity index (χ3v) is 26.4. The Balaban J connectivity index is 0.000000124. The number of rotatable bonds is 26. The van der Waals surface area contributed by atoms with Crippen LogP contribution >= 0.6 is 0 Å². The summed E-state index contributed by atoms with van der Waals surface area (Å²) in [5, 5.41) is 6.49. The van der Waals surface area contributed by atoms with Crippen LogP contribution in [0.1, 0.15) is 92.1 Å². The van der Waals surface area contributed by atoms with Crippen LogP contribution in [-0.2, 0) is 11.4 Å². The molecule has 0 spiro atoms. The molecule has 6 radical (unpaired) electrons. The van der Waals surface area contributed by atoms with Crippen LogP contribution in [0.5, 0.6) is 51.7 Å². The lowest BCUT2D eigenvalue weighted by atomic mass is 9.90. The van der Waals surface area contributed by atoms with Gasteiger partial charge < -0.3 is 45.5 Å². The van der Waals surface area contributed by atoms with Crippen molar-refractivity contribution >= 4 is 161 Å². The fourth-order valence-corrected chi connectivity index (χ4v) is 18.8. The largest absolute Gasteiger partial charge is 0.881 e. The molecule has 24 heteroatoms. The van der Waals surface area contributed by atoms with Gasteiger partial charge in [0.15, 0.2) is 0 Å². The minimum Gasteiger partial charge on any atom is -0.624 e. The first-order chi connectivity index (χ1) is 66.1. The van der Waals surface area contributed by atoms with Crippen molar-refractivity contribution < 1.29 is 45.5 Å². The van der Waals surface area contributed by atoms with Crippen molar-refractivity contribution in [1.29, 1.82) is 0 Å². The van der Waals surface area contributed by atoms with Gasteiger partial charge in [-0.25, -0.2) is 29.9 Å². The monoisotopic (exact) mass is 1870 g/mol. The number of pyridine rings is 6. The average Bonchev–Trinajstić information content (AvgIpc) is 0.828. The molecule has 10 aromatic carbocycles. The molecule has 2 unspecified atom stereocenters. The molecule has 0 N–H and O–H groups in total. The molecule has 0 amide bonds. The number of hydrogen-bond donors (Lipinski definition) is 0. The standard InChI is InChI=1S/C12H13O.C12H10O.6C10H9NO.2C7H10O.C7H8O.C6H6O.6Al/c13-12-9-5-4-8-11(12)10-6-2-1-3-7-10;13-12-8-4-7-11(9-12)10-5-2-1-3-6-10;6*1-7-5-6-8-3-2-4-9(12)10(8)11-7;1-6-2-4-7(8)5-3-6;1-6-3-2-4-7(8)5-6;1-6-4-2-3-5-7(6)8;7-6-4-2-1-3-5-6;;;;;;/h1-2,4-6,8,12H,3,7,9H2;1-9,13H;6*2-6,12H,1H3;2,4,8H,3,5H2,1H3;2-4,6,8H,5H2,1H3;2-5,8H,1H3;1-5,7H;;;;;;/q-1;;;;;;;;;;;;6*+2/p-11. The van der Waals surface area contributed by atoms with Gasteiger partial charge in [-0.1, -0.05) is 255 Å². The molecule has 0 saturated heterocycles. The summed E-state index contributed by atoms with van der Waals surface area (Å²) in [5.74, 6) is 9.78. The molecule has 6 heterocycles. The predicted octanol–water partition coefficient (Wildman–Crippen LogP) is 25.6. The van der Waals surface area contributed by atoms with E-state index in [1.54, 1.807) is 0 Å². The fourth-order valence-electron chi connectivity index (χ4n) is 14.9. The summed E-state index contributed by atoms with van der Waals surface area (Å²) < 4.78 is 70.2. The first kappa shape index (κ1) is 97.1. The van der Waals surface area contributed by atoms with Crippen molar-refractivity contribution in [2.24, 2.45) is 5.92 Å². The molecular weight excluding hydrogens is 1770 g/mol. The Morgan fingerprint density at radius 3 is 1.10 bits per heavy atom. The molecule has 0 fully saturated rings. The molecule has 6 aromatic heterocycles. The Morgan fingerprint density at radius 1 is 0.281 bits per heavy atom. The van der Waals surface area contributed by atoms with E-state index < -0.39 is 95.3 Å². The first-order valence-electron chi connectivity index (χ1n) is 44.9. The fraction of sp³-hybridized carbons (Fsp3) is 0.153. The Labute approximate surface area is 830 Å². The summed E-state index contributed by atoms with van der Waals surface area (Å²) >= 11 is -3.66. The van der Waals surface area contributed by atoms with E-state index in [0.717, 1.165) is 212 Å². The second-order valence-corrected chi connectivity index (χ2v) is 36.5. The molecule has 20 rings (SSSR count). The Kier molecular flexibility index (Phi) is 36.1. The smallest absolute Gasteiger partial charge is 0.624 e. The summed E-state index contributed by atoms with van der Waals surface area (Å²) in [5.41, 5.74) is 18.7. The van der Waals surface area contributed by atoms with Crippen LogP contribution in [0.25, 0.3) is 76.5 Å². The van der Waals surface area contributed by atoms with Gasteiger partial charge in [0.25, 0.3) is 0 Å². The van der Waals surface area contributed by atoms with Gasteiger partial charge in [0.2, 0.25) is 0 Å². The van der Waals surface area contributed by atoms with E-state index >= 15 is 0 Å². The summed E-state index contributed by atoms with van der Waals surface area (Å²) in [6.45, 7) is 18.3. The highest BCUT2D eigenvalue weighted by atomic mass is 27.2. The number of para-hydroxylation sites is 8. The van der Waals surface area contributed by atoms with Crippen molar-refractivity contribution in [2.75, 3.05) is 0 Å². The zero-order chi connectivity index (χ0) is 93.3. The zero-order valence-electron chi connectivity index (χ0n) is 77.0.